The van der Waals surface area contributed by atoms with Crippen LogP contribution in [0.2, 0.25) is 0 Å². The standard InChI is InChI=1S/C27H32O8/c1-5-23(28)34-17-9-15-32-21-13-7-11-19(25(21)30)27(3,4)20-12-8-14-22(26(20)31)33-16-10-18-35-24(29)6-2/h5-8,11-14,30-31H,1-2,9-10,15-18H2,3-4H3. The van der Waals surface area contributed by atoms with E-state index >= 15 is 0 Å². The molecular weight excluding hydrogens is 452 g/mol. The van der Waals surface area contributed by atoms with Gasteiger partial charge in [-0.2, -0.15) is 0 Å². The molecule has 0 amide bonds. The fraction of sp³-hybridized carbons (Fsp3) is 0.333. The van der Waals surface area contributed by atoms with Crippen molar-refractivity contribution in [1.82, 2.24) is 0 Å². The van der Waals surface area contributed by atoms with Gasteiger partial charge in [0.1, 0.15) is 0 Å². The maximum atomic E-state index is 11.1. The highest BCUT2D eigenvalue weighted by Gasteiger charge is 2.31. The third-order valence-corrected chi connectivity index (χ3v) is 5.26. The van der Waals surface area contributed by atoms with Gasteiger partial charge >= 0.3 is 11.9 Å². The molecule has 0 saturated heterocycles. The first kappa shape index (κ1) is 27.3. The van der Waals surface area contributed by atoms with Crippen LogP contribution in [-0.4, -0.2) is 48.6 Å². The Balaban J connectivity index is 2.09. The highest BCUT2D eigenvalue weighted by atomic mass is 16.5. The molecule has 0 aromatic heterocycles. The second-order valence-corrected chi connectivity index (χ2v) is 8.08. The number of hydrogen-bond donors (Lipinski definition) is 2. The van der Waals surface area contributed by atoms with Crippen molar-refractivity contribution in [1.29, 1.82) is 0 Å². The van der Waals surface area contributed by atoms with Gasteiger partial charge in [0.25, 0.3) is 0 Å². The lowest BCUT2D eigenvalue weighted by Crippen LogP contribution is -2.20. The van der Waals surface area contributed by atoms with E-state index in [4.69, 9.17) is 18.9 Å². The molecule has 2 rings (SSSR count). The van der Waals surface area contributed by atoms with Gasteiger partial charge in [0, 0.05) is 41.5 Å². The summed E-state index contributed by atoms with van der Waals surface area (Å²) in [7, 11) is 0. The molecule has 0 bridgehead atoms. The summed E-state index contributed by atoms with van der Waals surface area (Å²) in [4.78, 5) is 22.2. The van der Waals surface area contributed by atoms with Crippen LogP contribution in [0.25, 0.3) is 0 Å². The Morgan fingerprint density at radius 3 is 1.54 bits per heavy atom. The molecule has 0 aliphatic rings. The van der Waals surface area contributed by atoms with Gasteiger partial charge in [-0.15, -0.1) is 0 Å². The summed E-state index contributed by atoms with van der Waals surface area (Å²) in [5, 5.41) is 21.8. The van der Waals surface area contributed by atoms with Gasteiger partial charge in [-0.3, -0.25) is 0 Å². The van der Waals surface area contributed by atoms with Crippen molar-refractivity contribution in [3.63, 3.8) is 0 Å². The number of ether oxygens (including phenoxy) is 4. The second-order valence-electron chi connectivity index (χ2n) is 8.08. The van der Waals surface area contributed by atoms with E-state index in [0.29, 0.717) is 24.0 Å². The lowest BCUT2D eigenvalue weighted by atomic mass is 9.77. The van der Waals surface area contributed by atoms with Gasteiger partial charge in [0.15, 0.2) is 23.0 Å². The Morgan fingerprint density at radius 2 is 1.17 bits per heavy atom. The Kier molecular flexibility index (Phi) is 10.2. The number of hydrogen-bond acceptors (Lipinski definition) is 8. The molecule has 0 spiro atoms. The zero-order valence-corrected chi connectivity index (χ0v) is 20.1. The van der Waals surface area contributed by atoms with E-state index in [0.717, 1.165) is 12.2 Å². The van der Waals surface area contributed by atoms with E-state index in [-0.39, 0.29) is 49.4 Å². The summed E-state index contributed by atoms with van der Waals surface area (Å²) in [5.74, 6) is -0.527. The predicted octanol–water partition coefficient (Wildman–Crippen LogP) is 4.42. The molecule has 0 radical (unpaired) electrons. The number of phenols is 2. The van der Waals surface area contributed by atoms with Gasteiger partial charge < -0.3 is 29.2 Å². The smallest absolute Gasteiger partial charge is 0.330 e. The molecule has 35 heavy (non-hydrogen) atoms. The van der Waals surface area contributed by atoms with E-state index in [1.165, 1.54) is 0 Å². The van der Waals surface area contributed by atoms with Crippen molar-refractivity contribution in [2.24, 2.45) is 0 Å². The molecule has 0 unspecified atom stereocenters. The van der Waals surface area contributed by atoms with Crippen molar-refractivity contribution in [2.45, 2.75) is 32.1 Å². The quantitative estimate of drug-likeness (QED) is 0.230. The third-order valence-electron chi connectivity index (χ3n) is 5.26. The Morgan fingerprint density at radius 1 is 0.771 bits per heavy atom. The number of carbonyl (C=O) groups excluding carboxylic acids is 2. The maximum absolute atomic E-state index is 11.1. The first-order valence-electron chi connectivity index (χ1n) is 11.2. The highest BCUT2D eigenvalue weighted by Crippen LogP contribution is 2.46. The molecule has 8 nitrogen and oxygen atoms in total. The minimum Gasteiger partial charge on any atom is -0.504 e. The second kappa shape index (κ2) is 13.1. The maximum Gasteiger partial charge on any atom is 0.330 e. The van der Waals surface area contributed by atoms with E-state index in [1.54, 1.807) is 36.4 Å². The summed E-state index contributed by atoms with van der Waals surface area (Å²) in [5.41, 5.74) is 0.306. The molecule has 0 saturated carbocycles. The molecule has 0 fully saturated rings. The monoisotopic (exact) mass is 484 g/mol. The first-order chi connectivity index (χ1) is 16.7. The number of esters is 2. The van der Waals surface area contributed by atoms with Gasteiger partial charge in [0.05, 0.1) is 26.4 Å². The third kappa shape index (κ3) is 7.53. The molecule has 0 heterocycles. The Labute approximate surface area is 205 Å². The highest BCUT2D eigenvalue weighted by molar-refractivity contribution is 5.81. The number of benzene rings is 2. The molecule has 2 aromatic rings. The van der Waals surface area contributed by atoms with Crippen molar-refractivity contribution in [3.05, 3.63) is 72.8 Å². The van der Waals surface area contributed by atoms with E-state index < -0.39 is 17.4 Å². The number of para-hydroxylation sites is 2. The van der Waals surface area contributed by atoms with Crippen LogP contribution in [-0.2, 0) is 24.5 Å². The summed E-state index contributed by atoms with van der Waals surface area (Å²) in [6, 6.07) is 10.3. The van der Waals surface area contributed by atoms with Crippen LogP contribution >= 0.6 is 0 Å². The number of phenolic OH excluding ortho intramolecular Hbond substituents is 2. The molecule has 188 valence electrons. The van der Waals surface area contributed by atoms with Crippen molar-refractivity contribution < 1.29 is 38.7 Å². The van der Waals surface area contributed by atoms with Gasteiger partial charge in [-0.25, -0.2) is 9.59 Å². The van der Waals surface area contributed by atoms with Crippen LogP contribution < -0.4 is 9.47 Å². The normalized spacial score (nSPS) is 10.8. The summed E-state index contributed by atoms with van der Waals surface area (Å²) in [6.07, 6.45) is 3.07. The van der Waals surface area contributed by atoms with Crippen LogP contribution in [0.1, 0.15) is 37.8 Å². The molecule has 8 heteroatoms. The Bertz CT molecular complexity index is 960. The average Bonchev–Trinajstić information content (AvgIpc) is 2.84. The van der Waals surface area contributed by atoms with E-state index in [2.05, 4.69) is 13.2 Å². The Hall–Kier alpha value is -3.94. The predicted molar refractivity (Wildman–Crippen MR) is 131 cm³/mol. The van der Waals surface area contributed by atoms with E-state index in [9.17, 15) is 19.8 Å². The average molecular weight is 485 g/mol. The molecule has 0 aliphatic carbocycles. The largest absolute Gasteiger partial charge is 0.504 e. The minimum atomic E-state index is -0.800. The number of rotatable bonds is 14. The zero-order valence-electron chi connectivity index (χ0n) is 20.1. The van der Waals surface area contributed by atoms with Crippen molar-refractivity contribution in [2.75, 3.05) is 26.4 Å². The van der Waals surface area contributed by atoms with Crippen LogP contribution in [0.5, 0.6) is 23.0 Å². The lowest BCUT2D eigenvalue weighted by Gasteiger charge is -2.29. The van der Waals surface area contributed by atoms with Gasteiger partial charge in [0.2, 0.25) is 0 Å². The topological polar surface area (TPSA) is 112 Å². The SMILES string of the molecule is C=CC(=O)OCCCOc1cccc(C(C)(C)c2cccc(OCCCOC(=O)C=C)c2O)c1O. The fourth-order valence-corrected chi connectivity index (χ4v) is 3.38. The van der Waals surface area contributed by atoms with Gasteiger partial charge in [-0.1, -0.05) is 51.3 Å². The molecule has 2 N–H and O–H groups in total. The fourth-order valence-electron chi connectivity index (χ4n) is 3.38. The van der Waals surface area contributed by atoms with Crippen LogP contribution in [0.15, 0.2) is 61.7 Å². The molecule has 0 aliphatic heterocycles. The molecular formula is C27H32O8. The minimum absolute atomic E-state index is 0.0460. The van der Waals surface area contributed by atoms with E-state index in [1.807, 2.05) is 13.8 Å². The number of carbonyl (C=O) groups is 2. The number of aromatic hydroxyl groups is 2. The lowest BCUT2D eigenvalue weighted by molar-refractivity contribution is -0.138. The van der Waals surface area contributed by atoms with Crippen molar-refractivity contribution >= 4 is 11.9 Å². The summed E-state index contributed by atoms with van der Waals surface area (Å²) in [6.45, 7) is 11.2. The van der Waals surface area contributed by atoms with Crippen LogP contribution in [0, 0.1) is 0 Å². The zero-order chi connectivity index (χ0) is 25.8. The van der Waals surface area contributed by atoms with Crippen LogP contribution in [0.3, 0.4) is 0 Å². The first-order valence-corrected chi connectivity index (χ1v) is 11.2. The summed E-state index contributed by atoms with van der Waals surface area (Å²) < 4.78 is 21.2. The van der Waals surface area contributed by atoms with Crippen molar-refractivity contribution in [3.8, 4) is 23.0 Å². The van der Waals surface area contributed by atoms with Gasteiger partial charge in [-0.05, 0) is 12.1 Å². The summed E-state index contributed by atoms with van der Waals surface area (Å²) >= 11 is 0. The molecule has 0 atom stereocenters. The molecule has 2 aromatic carbocycles. The van der Waals surface area contributed by atoms with Crippen LogP contribution in [0.4, 0.5) is 0 Å².